The van der Waals surface area contributed by atoms with E-state index in [0.717, 1.165) is 6.20 Å². The quantitative estimate of drug-likeness (QED) is 0.274. The van der Waals surface area contributed by atoms with Crippen LogP contribution < -0.4 is 4.74 Å². The molecule has 2 rings (SSSR count). The largest absolute Gasteiger partial charge is 0.489 e. The second-order valence-electron chi connectivity index (χ2n) is 5.55. The Kier molecular flexibility index (Phi) is 7.22. The second-order valence-corrected chi connectivity index (χ2v) is 5.55. The van der Waals surface area contributed by atoms with Crippen LogP contribution in [0.1, 0.15) is 41.5 Å². The number of hydrogen-bond acceptors (Lipinski definition) is 5. The molecule has 0 spiro atoms. The summed E-state index contributed by atoms with van der Waals surface area (Å²) < 4.78 is 36.8. The summed E-state index contributed by atoms with van der Waals surface area (Å²) in [5.74, 6) is -0.854. The third kappa shape index (κ3) is 5.47. The first-order valence-corrected chi connectivity index (χ1v) is 8.32. The molecule has 0 aliphatic rings. The fraction of sp³-hybridized carbons (Fsp3) is 0.316. The molecule has 0 amide bonds. The number of Topliss-reactive ketones (excluding diaryl/α,β-unsaturated/α-hetero) is 1. The smallest absolute Gasteiger partial charge is 0.333 e. The van der Waals surface area contributed by atoms with Crippen LogP contribution in [0, 0.1) is 0 Å². The van der Waals surface area contributed by atoms with Crippen molar-refractivity contribution in [1.29, 1.82) is 0 Å². The molecule has 1 aromatic heterocycles. The molecule has 8 heteroatoms. The van der Waals surface area contributed by atoms with Gasteiger partial charge < -0.3 is 9.47 Å². The van der Waals surface area contributed by atoms with Crippen molar-refractivity contribution in [2.45, 2.75) is 26.3 Å². The Hall–Kier alpha value is -3.03. The van der Waals surface area contributed by atoms with Crippen molar-refractivity contribution in [2.24, 2.45) is 0 Å². The molecule has 1 aromatic carbocycles. The highest BCUT2D eigenvalue weighted by molar-refractivity contribution is 6.05. The lowest BCUT2D eigenvalue weighted by Crippen LogP contribution is -2.14. The Morgan fingerprint density at radius 2 is 2.04 bits per heavy atom. The highest BCUT2D eigenvalue weighted by Gasteiger charge is 2.23. The predicted molar refractivity (Wildman–Crippen MR) is 94.0 cm³/mol. The van der Waals surface area contributed by atoms with Crippen molar-refractivity contribution < 1.29 is 27.8 Å². The number of alkyl halides is 2. The standard InChI is InChI=1S/C19H20F2N2O4/c1-3-9-27-16-8-6-5-7-13(16)10-14-12-23(19(20)21)22-18(14)15(24)11-17(25)26-4-2/h3,5-8,12,19H,1,4,9-11H2,2H3. The lowest BCUT2D eigenvalue weighted by atomic mass is 10.0. The van der Waals surface area contributed by atoms with Crippen molar-refractivity contribution in [1.82, 2.24) is 9.78 Å². The third-order valence-corrected chi connectivity index (χ3v) is 3.59. The number of halogens is 2. The van der Waals surface area contributed by atoms with Gasteiger partial charge in [0.1, 0.15) is 24.5 Å². The zero-order valence-corrected chi connectivity index (χ0v) is 14.9. The molecule has 6 nitrogen and oxygen atoms in total. The van der Waals surface area contributed by atoms with Crippen molar-refractivity contribution in [2.75, 3.05) is 13.2 Å². The van der Waals surface area contributed by atoms with E-state index in [2.05, 4.69) is 11.7 Å². The molecule has 2 aromatic rings. The zero-order valence-electron chi connectivity index (χ0n) is 14.9. The van der Waals surface area contributed by atoms with Crippen LogP contribution in [0.2, 0.25) is 0 Å². The SMILES string of the molecule is C=CCOc1ccccc1Cc1cn(C(F)F)nc1C(=O)CC(=O)OCC. The molecule has 0 unspecified atom stereocenters. The topological polar surface area (TPSA) is 70.4 Å². The maximum absolute atomic E-state index is 13.1. The van der Waals surface area contributed by atoms with Gasteiger partial charge in [0.2, 0.25) is 0 Å². The molecule has 27 heavy (non-hydrogen) atoms. The van der Waals surface area contributed by atoms with Gasteiger partial charge >= 0.3 is 12.5 Å². The summed E-state index contributed by atoms with van der Waals surface area (Å²) in [5.41, 5.74) is 0.791. The maximum atomic E-state index is 13.1. The minimum absolute atomic E-state index is 0.123. The van der Waals surface area contributed by atoms with Crippen LogP contribution in [0.15, 0.2) is 43.1 Å². The summed E-state index contributed by atoms with van der Waals surface area (Å²) in [6.45, 7) is 2.69. The molecule has 0 bridgehead atoms. The first kappa shape index (κ1) is 20.3. The van der Waals surface area contributed by atoms with E-state index in [0.29, 0.717) is 16.0 Å². The van der Waals surface area contributed by atoms with E-state index in [9.17, 15) is 18.4 Å². The van der Waals surface area contributed by atoms with Gasteiger partial charge in [-0.1, -0.05) is 30.9 Å². The molecule has 0 fully saturated rings. The number of benzene rings is 1. The number of ether oxygens (including phenoxy) is 2. The van der Waals surface area contributed by atoms with E-state index in [1.165, 1.54) is 0 Å². The zero-order chi connectivity index (χ0) is 19.8. The number of carbonyl (C=O) groups is 2. The fourth-order valence-corrected chi connectivity index (χ4v) is 2.46. The normalized spacial score (nSPS) is 10.7. The first-order chi connectivity index (χ1) is 13.0. The summed E-state index contributed by atoms with van der Waals surface area (Å²) in [4.78, 5) is 23.9. The van der Waals surface area contributed by atoms with Gasteiger partial charge in [-0.25, -0.2) is 4.68 Å². The van der Waals surface area contributed by atoms with Crippen LogP contribution in [-0.4, -0.2) is 34.7 Å². The molecule has 1 heterocycles. The molecular weight excluding hydrogens is 358 g/mol. The van der Waals surface area contributed by atoms with Gasteiger partial charge in [-0.2, -0.15) is 13.9 Å². The average molecular weight is 378 g/mol. The van der Waals surface area contributed by atoms with Gasteiger partial charge in [0.25, 0.3) is 0 Å². The molecule has 0 radical (unpaired) electrons. The molecule has 0 atom stereocenters. The van der Waals surface area contributed by atoms with E-state index in [1.807, 2.05) is 0 Å². The van der Waals surface area contributed by atoms with Crippen LogP contribution in [0.4, 0.5) is 8.78 Å². The van der Waals surface area contributed by atoms with E-state index >= 15 is 0 Å². The summed E-state index contributed by atoms with van der Waals surface area (Å²) in [7, 11) is 0. The Labute approximate surface area is 155 Å². The molecule has 144 valence electrons. The van der Waals surface area contributed by atoms with Gasteiger partial charge in [-0.05, 0) is 18.6 Å². The van der Waals surface area contributed by atoms with Crippen molar-refractivity contribution in [3.05, 3.63) is 59.9 Å². The number of ketones is 1. The Morgan fingerprint density at radius 1 is 1.30 bits per heavy atom. The second kappa shape index (κ2) is 9.61. The van der Waals surface area contributed by atoms with E-state index < -0.39 is 24.7 Å². The Morgan fingerprint density at radius 3 is 2.70 bits per heavy atom. The van der Waals surface area contributed by atoms with Gasteiger partial charge in [0, 0.05) is 18.2 Å². The van der Waals surface area contributed by atoms with Gasteiger partial charge in [0.05, 0.1) is 6.61 Å². The third-order valence-electron chi connectivity index (χ3n) is 3.59. The van der Waals surface area contributed by atoms with E-state index in [-0.39, 0.29) is 30.9 Å². The average Bonchev–Trinajstić information content (AvgIpc) is 3.05. The number of esters is 1. The summed E-state index contributed by atoms with van der Waals surface area (Å²) in [6.07, 6.45) is 2.27. The van der Waals surface area contributed by atoms with Crippen molar-refractivity contribution in [3.63, 3.8) is 0 Å². The number of hydrogen-bond donors (Lipinski definition) is 0. The molecule has 0 saturated carbocycles. The molecular formula is C19H20F2N2O4. The number of carbonyl (C=O) groups excluding carboxylic acids is 2. The van der Waals surface area contributed by atoms with Gasteiger partial charge in [0.15, 0.2) is 5.78 Å². The van der Waals surface area contributed by atoms with Crippen LogP contribution in [-0.2, 0) is 16.0 Å². The van der Waals surface area contributed by atoms with Crippen LogP contribution in [0.25, 0.3) is 0 Å². The monoisotopic (exact) mass is 378 g/mol. The molecule has 0 N–H and O–H groups in total. The molecule has 0 aliphatic heterocycles. The van der Waals surface area contributed by atoms with Crippen LogP contribution in [0.5, 0.6) is 5.75 Å². The Balaban J connectivity index is 2.32. The van der Waals surface area contributed by atoms with Gasteiger partial charge in [-0.3, -0.25) is 9.59 Å². The van der Waals surface area contributed by atoms with E-state index in [1.54, 1.807) is 37.3 Å². The van der Waals surface area contributed by atoms with Crippen molar-refractivity contribution in [3.8, 4) is 5.75 Å². The highest BCUT2D eigenvalue weighted by Crippen LogP contribution is 2.25. The number of rotatable bonds is 10. The predicted octanol–water partition coefficient (Wildman–Crippen LogP) is 3.57. The Bertz CT molecular complexity index is 818. The van der Waals surface area contributed by atoms with E-state index in [4.69, 9.17) is 9.47 Å². The minimum Gasteiger partial charge on any atom is -0.489 e. The maximum Gasteiger partial charge on any atom is 0.333 e. The lowest BCUT2D eigenvalue weighted by Gasteiger charge is -2.10. The number of para-hydroxylation sites is 1. The van der Waals surface area contributed by atoms with Gasteiger partial charge in [-0.15, -0.1) is 0 Å². The summed E-state index contributed by atoms with van der Waals surface area (Å²) in [6, 6.07) is 7.04. The fourth-order valence-electron chi connectivity index (χ4n) is 2.46. The first-order valence-electron chi connectivity index (χ1n) is 8.32. The van der Waals surface area contributed by atoms with Crippen molar-refractivity contribution >= 4 is 11.8 Å². The van der Waals surface area contributed by atoms with Crippen LogP contribution in [0.3, 0.4) is 0 Å². The summed E-state index contributed by atoms with van der Waals surface area (Å²) in [5, 5.41) is 3.66. The molecule has 0 saturated heterocycles. The van der Waals surface area contributed by atoms with Crippen LogP contribution >= 0.6 is 0 Å². The number of nitrogens with zero attached hydrogens (tertiary/aromatic N) is 2. The number of aromatic nitrogens is 2. The lowest BCUT2D eigenvalue weighted by molar-refractivity contribution is -0.141. The summed E-state index contributed by atoms with van der Waals surface area (Å²) >= 11 is 0. The molecule has 0 aliphatic carbocycles. The minimum atomic E-state index is -2.90. The highest BCUT2D eigenvalue weighted by atomic mass is 19.3.